The Hall–Kier alpha value is -1.45. The summed E-state index contributed by atoms with van der Waals surface area (Å²) < 4.78 is 11.1. The van der Waals surface area contributed by atoms with Crippen molar-refractivity contribution in [1.82, 2.24) is 4.98 Å². The molecule has 0 aromatic carbocycles. The van der Waals surface area contributed by atoms with Gasteiger partial charge in [-0.05, 0) is 26.3 Å². The van der Waals surface area contributed by atoms with Gasteiger partial charge in [0.25, 0.3) is 0 Å². The summed E-state index contributed by atoms with van der Waals surface area (Å²) >= 11 is 0. The zero-order valence-corrected chi connectivity index (χ0v) is 11.6. The lowest BCUT2D eigenvalue weighted by molar-refractivity contribution is 0.227. The number of nitrogen functional groups attached to an aromatic ring is 1. The summed E-state index contributed by atoms with van der Waals surface area (Å²) in [5, 5.41) is 0. The maximum atomic E-state index is 5.79. The molecule has 18 heavy (non-hydrogen) atoms. The Morgan fingerprint density at radius 3 is 2.67 bits per heavy atom. The first-order chi connectivity index (χ1) is 8.63. The summed E-state index contributed by atoms with van der Waals surface area (Å²) in [5.41, 5.74) is 6.33. The van der Waals surface area contributed by atoms with Crippen LogP contribution in [0.25, 0.3) is 0 Å². The van der Waals surface area contributed by atoms with Gasteiger partial charge in [0, 0.05) is 6.07 Å². The van der Waals surface area contributed by atoms with E-state index in [9.17, 15) is 0 Å². The highest BCUT2D eigenvalue weighted by Gasteiger charge is 2.07. The van der Waals surface area contributed by atoms with E-state index in [0.29, 0.717) is 24.1 Å². The number of nitrogens with two attached hydrogens (primary N) is 1. The first kappa shape index (κ1) is 14.6. The lowest BCUT2D eigenvalue weighted by Crippen LogP contribution is -2.09. The van der Waals surface area contributed by atoms with Gasteiger partial charge in [-0.1, -0.05) is 26.2 Å². The highest BCUT2D eigenvalue weighted by Crippen LogP contribution is 2.23. The lowest BCUT2D eigenvalue weighted by Gasteiger charge is -2.12. The predicted molar refractivity (Wildman–Crippen MR) is 74.1 cm³/mol. The van der Waals surface area contributed by atoms with Gasteiger partial charge in [-0.25, -0.2) is 0 Å². The predicted octanol–water partition coefficient (Wildman–Crippen LogP) is 3.41. The van der Waals surface area contributed by atoms with Crippen LogP contribution in [0.2, 0.25) is 0 Å². The molecule has 4 heteroatoms. The Balaban J connectivity index is 2.46. The van der Waals surface area contributed by atoms with Crippen LogP contribution in [0.1, 0.15) is 46.5 Å². The van der Waals surface area contributed by atoms with Crippen LogP contribution >= 0.6 is 0 Å². The van der Waals surface area contributed by atoms with Crippen LogP contribution in [0.3, 0.4) is 0 Å². The minimum absolute atomic E-state index is 0.0552. The zero-order chi connectivity index (χ0) is 13.4. The van der Waals surface area contributed by atoms with Gasteiger partial charge in [-0.2, -0.15) is 4.98 Å². The Bertz CT molecular complexity index is 354. The number of anilines is 1. The van der Waals surface area contributed by atoms with Crippen LogP contribution in [0.15, 0.2) is 12.1 Å². The first-order valence-electron chi connectivity index (χ1n) is 6.69. The van der Waals surface area contributed by atoms with Crippen LogP contribution in [-0.2, 0) is 0 Å². The van der Waals surface area contributed by atoms with Crippen molar-refractivity contribution in [3.8, 4) is 11.8 Å². The smallest absolute Gasteiger partial charge is 0.240 e. The fourth-order valence-corrected chi connectivity index (χ4v) is 1.54. The number of hydrogen-bond acceptors (Lipinski definition) is 4. The van der Waals surface area contributed by atoms with Crippen LogP contribution in [0.5, 0.6) is 11.8 Å². The highest BCUT2D eigenvalue weighted by molar-refractivity contribution is 5.49. The molecule has 0 saturated heterocycles. The van der Waals surface area contributed by atoms with Crippen molar-refractivity contribution in [2.24, 2.45) is 0 Å². The number of unbranched alkanes of at least 4 members (excludes halogenated alkanes) is 3. The Morgan fingerprint density at radius 1 is 1.22 bits per heavy atom. The van der Waals surface area contributed by atoms with Crippen molar-refractivity contribution in [1.29, 1.82) is 0 Å². The second-order valence-electron chi connectivity index (χ2n) is 4.62. The zero-order valence-electron chi connectivity index (χ0n) is 11.6. The molecule has 0 radical (unpaired) electrons. The maximum Gasteiger partial charge on any atom is 0.240 e. The second kappa shape index (κ2) is 7.80. The molecule has 0 aliphatic heterocycles. The van der Waals surface area contributed by atoms with Crippen molar-refractivity contribution in [2.45, 2.75) is 52.6 Å². The fourth-order valence-electron chi connectivity index (χ4n) is 1.54. The highest BCUT2D eigenvalue weighted by atomic mass is 16.5. The minimum Gasteiger partial charge on any atom is -0.478 e. The van der Waals surface area contributed by atoms with Crippen molar-refractivity contribution in [2.75, 3.05) is 12.3 Å². The molecule has 1 aromatic rings. The topological polar surface area (TPSA) is 57.4 Å². The van der Waals surface area contributed by atoms with E-state index in [1.165, 1.54) is 19.3 Å². The first-order valence-corrected chi connectivity index (χ1v) is 6.69. The number of pyridine rings is 1. The Morgan fingerprint density at radius 2 is 2.00 bits per heavy atom. The number of ether oxygens (including phenoxy) is 2. The summed E-state index contributed by atoms with van der Waals surface area (Å²) in [4.78, 5) is 4.26. The van der Waals surface area contributed by atoms with Gasteiger partial charge in [0.15, 0.2) is 0 Å². The van der Waals surface area contributed by atoms with E-state index < -0.39 is 0 Å². The average Bonchev–Trinajstić information content (AvgIpc) is 2.32. The largest absolute Gasteiger partial charge is 0.478 e. The van der Waals surface area contributed by atoms with Gasteiger partial charge in [0.1, 0.15) is 0 Å². The molecular weight excluding hydrogens is 228 g/mol. The second-order valence-corrected chi connectivity index (χ2v) is 4.62. The number of nitrogens with zero attached hydrogens (tertiary/aromatic N) is 1. The maximum absolute atomic E-state index is 5.79. The Kier molecular flexibility index (Phi) is 6.33. The van der Waals surface area contributed by atoms with E-state index in [2.05, 4.69) is 11.9 Å². The third-order valence-corrected chi connectivity index (χ3v) is 2.46. The van der Waals surface area contributed by atoms with E-state index in [1.807, 2.05) is 13.8 Å². The van der Waals surface area contributed by atoms with Crippen LogP contribution < -0.4 is 15.2 Å². The normalized spacial score (nSPS) is 10.7. The van der Waals surface area contributed by atoms with Gasteiger partial charge in [0.2, 0.25) is 11.8 Å². The summed E-state index contributed by atoms with van der Waals surface area (Å²) in [6.07, 6.45) is 4.79. The molecule has 0 unspecified atom stereocenters. The molecule has 0 amide bonds. The molecule has 0 aliphatic rings. The summed E-state index contributed by atoms with van der Waals surface area (Å²) in [6.45, 7) is 6.77. The van der Waals surface area contributed by atoms with E-state index in [0.717, 1.165) is 6.42 Å². The average molecular weight is 252 g/mol. The molecule has 0 bridgehead atoms. The van der Waals surface area contributed by atoms with Crippen molar-refractivity contribution in [3.05, 3.63) is 12.1 Å². The molecule has 102 valence electrons. The molecule has 0 aliphatic carbocycles. The minimum atomic E-state index is 0.0552. The molecule has 0 spiro atoms. The monoisotopic (exact) mass is 252 g/mol. The van der Waals surface area contributed by atoms with Crippen LogP contribution in [0, 0.1) is 0 Å². The van der Waals surface area contributed by atoms with Crippen molar-refractivity contribution < 1.29 is 9.47 Å². The van der Waals surface area contributed by atoms with E-state index >= 15 is 0 Å². The summed E-state index contributed by atoms with van der Waals surface area (Å²) in [6, 6.07) is 3.55. The summed E-state index contributed by atoms with van der Waals surface area (Å²) in [5.74, 6) is 1.03. The Labute approximate surface area is 110 Å². The molecule has 1 rings (SSSR count). The van der Waals surface area contributed by atoms with E-state index in [-0.39, 0.29) is 6.10 Å². The summed E-state index contributed by atoms with van der Waals surface area (Å²) in [7, 11) is 0. The van der Waals surface area contributed by atoms with Gasteiger partial charge < -0.3 is 15.2 Å². The third kappa shape index (κ3) is 5.25. The molecule has 1 aromatic heterocycles. The fraction of sp³-hybridized carbons (Fsp3) is 0.643. The SMILES string of the molecule is CCCCCCOc1ccc(N)c(OC(C)C)n1. The van der Waals surface area contributed by atoms with E-state index in [1.54, 1.807) is 12.1 Å². The van der Waals surface area contributed by atoms with E-state index in [4.69, 9.17) is 15.2 Å². The van der Waals surface area contributed by atoms with Gasteiger partial charge in [0.05, 0.1) is 18.4 Å². The lowest BCUT2D eigenvalue weighted by atomic mass is 10.2. The molecule has 0 saturated carbocycles. The van der Waals surface area contributed by atoms with Gasteiger partial charge >= 0.3 is 0 Å². The molecule has 2 N–H and O–H groups in total. The van der Waals surface area contributed by atoms with Crippen molar-refractivity contribution >= 4 is 5.69 Å². The molecule has 1 heterocycles. The molecule has 0 fully saturated rings. The molecular formula is C14H24N2O2. The number of aromatic nitrogens is 1. The number of hydrogen-bond donors (Lipinski definition) is 1. The van der Waals surface area contributed by atoms with Gasteiger partial charge in [-0.3, -0.25) is 0 Å². The van der Waals surface area contributed by atoms with Gasteiger partial charge in [-0.15, -0.1) is 0 Å². The molecule has 0 atom stereocenters. The van der Waals surface area contributed by atoms with Crippen molar-refractivity contribution in [3.63, 3.8) is 0 Å². The van der Waals surface area contributed by atoms with Crippen LogP contribution in [-0.4, -0.2) is 17.7 Å². The standard InChI is InChI=1S/C14H24N2O2/c1-4-5-6-7-10-17-13-9-8-12(15)14(16-13)18-11(2)3/h8-9,11H,4-7,10,15H2,1-3H3. The number of rotatable bonds is 8. The molecule has 4 nitrogen and oxygen atoms in total. The quantitative estimate of drug-likeness (QED) is 0.720. The third-order valence-electron chi connectivity index (χ3n) is 2.46. The van der Waals surface area contributed by atoms with Crippen LogP contribution in [0.4, 0.5) is 5.69 Å².